The molecule has 0 radical (unpaired) electrons. The highest BCUT2D eigenvalue weighted by molar-refractivity contribution is 5.98. The van der Waals surface area contributed by atoms with Crippen molar-refractivity contribution >= 4 is 16.8 Å². The number of hydrogen-bond acceptors (Lipinski definition) is 3. The molecular formula is C19H20N2O3. The maximum atomic E-state index is 12.5. The molecule has 5 heteroatoms. The van der Waals surface area contributed by atoms with Gasteiger partial charge >= 0.3 is 0 Å². The second-order valence-corrected chi connectivity index (χ2v) is 5.51. The molecule has 2 N–H and O–H groups in total. The van der Waals surface area contributed by atoms with Crippen LogP contribution in [0.4, 0.5) is 0 Å². The van der Waals surface area contributed by atoms with Crippen molar-refractivity contribution in [3.8, 4) is 5.75 Å². The number of nitrogens with zero attached hydrogens (tertiary/aromatic N) is 1. The Bertz CT molecular complexity index is 855. The van der Waals surface area contributed by atoms with Gasteiger partial charge in [0, 0.05) is 30.1 Å². The summed E-state index contributed by atoms with van der Waals surface area (Å²) in [5, 5.41) is 12.9. The van der Waals surface area contributed by atoms with Gasteiger partial charge in [-0.15, -0.1) is 0 Å². The number of amides is 1. The van der Waals surface area contributed by atoms with Crippen LogP contribution in [0.5, 0.6) is 5.75 Å². The van der Waals surface area contributed by atoms with Crippen molar-refractivity contribution < 1.29 is 14.6 Å². The molecule has 2 aromatic carbocycles. The fourth-order valence-corrected chi connectivity index (χ4v) is 2.72. The van der Waals surface area contributed by atoms with E-state index < -0.39 is 0 Å². The topological polar surface area (TPSA) is 63.5 Å². The Kier molecular flexibility index (Phi) is 4.82. The number of aliphatic hydroxyl groups excluding tert-OH is 1. The van der Waals surface area contributed by atoms with Crippen LogP contribution in [-0.4, -0.2) is 28.8 Å². The number of ether oxygens (including phenoxy) is 1. The zero-order chi connectivity index (χ0) is 16.9. The number of carbonyl (C=O) groups excluding carboxylic acids is 1. The molecule has 1 heterocycles. The summed E-state index contributed by atoms with van der Waals surface area (Å²) >= 11 is 0. The summed E-state index contributed by atoms with van der Waals surface area (Å²) in [6, 6.07) is 17.3. The van der Waals surface area contributed by atoms with E-state index in [0.29, 0.717) is 18.0 Å². The van der Waals surface area contributed by atoms with E-state index in [1.807, 2.05) is 66.2 Å². The zero-order valence-corrected chi connectivity index (χ0v) is 13.5. The molecular weight excluding hydrogens is 304 g/mol. The Hall–Kier alpha value is -2.79. The van der Waals surface area contributed by atoms with Crippen molar-refractivity contribution in [1.29, 1.82) is 0 Å². The van der Waals surface area contributed by atoms with Gasteiger partial charge in [0.2, 0.25) is 0 Å². The molecule has 1 amide bonds. The van der Waals surface area contributed by atoms with E-state index in [1.54, 1.807) is 0 Å². The van der Waals surface area contributed by atoms with E-state index in [9.17, 15) is 4.79 Å². The van der Waals surface area contributed by atoms with Crippen molar-refractivity contribution in [3.63, 3.8) is 0 Å². The Balaban J connectivity index is 1.74. The largest absolute Gasteiger partial charge is 0.491 e. The molecule has 0 unspecified atom stereocenters. The number of aliphatic hydroxyl groups is 1. The Labute approximate surface area is 140 Å². The smallest absolute Gasteiger partial charge is 0.268 e. The first-order chi connectivity index (χ1) is 11.7. The lowest BCUT2D eigenvalue weighted by Crippen LogP contribution is -2.25. The average molecular weight is 324 g/mol. The maximum absolute atomic E-state index is 12.5. The molecule has 3 aromatic rings. The maximum Gasteiger partial charge on any atom is 0.268 e. The van der Waals surface area contributed by atoms with Crippen LogP contribution in [-0.2, 0) is 13.6 Å². The van der Waals surface area contributed by atoms with Crippen LogP contribution in [0.2, 0.25) is 0 Å². The third-order valence-electron chi connectivity index (χ3n) is 3.95. The standard InChI is InChI=1S/C19H20N2O3/c1-21-16-8-4-2-6-14(16)12-17(21)19(23)20-13-15-7-3-5-9-18(15)24-11-10-22/h2-9,12,22H,10-11,13H2,1H3,(H,20,23). The fourth-order valence-electron chi connectivity index (χ4n) is 2.72. The van der Waals surface area contributed by atoms with Crippen LogP contribution in [0.25, 0.3) is 10.9 Å². The lowest BCUT2D eigenvalue weighted by Gasteiger charge is -2.11. The molecule has 1 aromatic heterocycles. The normalized spacial score (nSPS) is 10.8. The van der Waals surface area contributed by atoms with E-state index in [2.05, 4.69) is 5.32 Å². The van der Waals surface area contributed by atoms with Crippen LogP contribution < -0.4 is 10.1 Å². The number of nitrogens with one attached hydrogen (secondary N) is 1. The van der Waals surface area contributed by atoms with Crippen molar-refractivity contribution in [2.24, 2.45) is 7.05 Å². The molecule has 124 valence electrons. The lowest BCUT2D eigenvalue weighted by atomic mass is 10.2. The van der Waals surface area contributed by atoms with Crippen molar-refractivity contribution in [3.05, 3.63) is 65.9 Å². The molecule has 3 rings (SSSR count). The summed E-state index contributed by atoms with van der Waals surface area (Å²) < 4.78 is 7.38. The zero-order valence-electron chi connectivity index (χ0n) is 13.5. The molecule has 0 aliphatic carbocycles. The van der Waals surface area contributed by atoms with E-state index in [0.717, 1.165) is 16.5 Å². The number of para-hydroxylation sites is 2. The number of benzene rings is 2. The van der Waals surface area contributed by atoms with Crippen molar-refractivity contribution in [1.82, 2.24) is 9.88 Å². The monoisotopic (exact) mass is 324 g/mol. The molecule has 0 aliphatic heterocycles. The predicted octanol–water partition coefficient (Wildman–Crippen LogP) is 2.48. The lowest BCUT2D eigenvalue weighted by molar-refractivity contribution is 0.0942. The Morgan fingerprint density at radius 2 is 1.92 bits per heavy atom. The molecule has 0 fully saturated rings. The number of hydrogen-bond donors (Lipinski definition) is 2. The van der Waals surface area contributed by atoms with Gasteiger partial charge in [0.25, 0.3) is 5.91 Å². The van der Waals surface area contributed by atoms with Gasteiger partial charge in [-0.25, -0.2) is 0 Å². The van der Waals surface area contributed by atoms with Gasteiger partial charge in [-0.05, 0) is 18.2 Å². The molecule has 0 bridgehead atoms. The summed E-state index contributed by atoms with van der Waals surface area (Å²) in [6.45, 7) is 0.548. The van der Waals surface area contributed by atoms with Crippen LogP contribution >= 0.6 is 0 Å². The van der Waals surface area contributed by atoms with Gasteiger partial charge in [-0.3, -0.25) is 4.79 Å². The number of aromatic nitrogens is 1. The summed E-state index contributed by atoms with van der Waals surface area (Å²) in [4.78, 5) is 12.5. The minimum Gasteiger partial charge on any atom is -0.491 e. The molecule has 0 atom stereocenters. The van der Waals surface area contributed by atoms with Gasteiger partial charge in [-0.2, -0.15) is 0 Å². The number of aryl methyl sites for hydroxylation is 1. The average Bonchev–Trinajstić information content (AvgIpc) is 2.96. The SMILES string of the molecule is Cn1c(C(=O)NCc2ccccc2OCCO)cc2ccccc21. The van der Waals surface area contributed by atoms with Crippen molar-refractivity contribution in [2.45, 2.75) is 6.54 Å². The van der Waals surface area contributed by atoms with Gasteiger partial charge in [0.05, 0.1) is 6.61 Å². The van der Waals surface area contributed by atoms with E-state index in [-0.39, 0.29) is 19.1 Å². The summed E-state index contributed by atoms with van der Waals surface area (Å²) in [5.74, 6) is 0.537. The highest BCUT2D eigenvalue weighted by Crippen LogP contribution is 2.20. The minimum atomic E-state index is -0.134. The molecule has 5 nitrogen and oxygen atoms in total. The first kappa shape index (κ1) is 16.1. The van der Waals surface area contributed by atoms with E-state index in [4.69, 9.17) is 9.84 Å². The highest BCUT2D eigenvalue weighted by atomic mass is 16.5. The third kappa shape index (κ3) is 3.26. The molecule has 0 aliphatic rings. The number of rotatable bonds is 6. The third-order valence-corrected chi connectivity index (χ3v) is 3.95. The van der Waals surface area contributed by atoms with Crippen LogP contribution in [0.3, 0.4) is 0 Å². The minimum absolute atomic E-state index is 0.0450. The molecule has 0 saturated heterocycles. The fraction of sp³-hybridized carbons (Fsp3) is 0.211. The van der Waals surface area contributed by atoms with E-state index in [1.165, 1.54) is 0 Å². The van der Waals surface area contributed by atoms with Gasteiger partial charge in [0.1, 0.15) is 18.1 Å². The first-order valence-corrected chi connectivity index (χ1v) is 7.85. The van der Waals surface area contributed by atoms with Crippen LogP contribution in [0, 0.1) is 0 Å². The summed E-state index contributed by atoms with van der Waals surface area (Å²) in [6.07, 6.45) is 0. The summed E-state index contributed by atoms with van der Waals surface area (Å²) in [7, 11) is 1.88. The second kappa shape index (κ2) is 7.19. The quantitative estimate of drug-likeness (QED) is 0.732. The Morgan fingerprint density at radius 3 is 2.71 bits per heavy atom. The molecule has 24 heavy (non-hydrogen) atoms. The van der Waals surface area contributed by atoms with E-state index >= 15 is 0 Å². The number of carbonyl (C=O) groups is 1. The van der Waals surface area contributed by atoms with Gasteiger partial charge < -0.3 is 19.7 Å². The van der Waals surface area contributed by atoms with Gasteiger partial charge in [0.15, 0.2) is 0 Å². The first-order valence-electron chi connectivity index (χ1n) is 7.85. The Morgan fingerprint density at radius 1 is 1.17 bits per heavy atom. The van der Waals surface area contributed by atoms with Crippen LogP contribution in [0.15, 0.2) is 54.6 Å². The molecule has 0 saturated carbocycles. The molecule has 0 spiro atoms. The van der Waals surface area contributed by atoms with Gasteiger partial charge in [-0.1, -0.05) is 36.4 Å². The predicted molar refractivity (Wildman–Crippen MR) is 93.1 cm³/mol. The van der Waals surface area contributed by atoms with Crippen LogP contribution in [0.1, 0.15) is 16.1 Å². The second-order valence-electron chi connectivity index (χ2n) is 5.51. The van der Waals surface area contributed by atoms with Crippen molar-refractivity contribution in [2.75, 3.05) is 13.2 Å². The summed E-state index contributed by atoms with van der Waals surface area (Å²) in [5.41, 5.74) is 2.51. The number of fused-ring (bicyclic) bond motifs is 1. The highest BCUT2D eigenvalue weighted by Gasteiger charge is 2.13.